The number of rotatable bonds is 6. The third kappa shape index (κ3) is 4.25. The summed E-state index contributed by atoms with van der Waals surface area (Å²) in [5, 5.41) is 10.8. The number of likely N-dealkylation sites (N-methyl/N-ethyl adjacent to an activating group) is 1. The van der Waals surface area contributed by atoms with Crippen LogP contribution in [0.4, 0.5) is 0 Å². The van der Waals surface area contributed by atoms with Gasteiger partial charge in [-0.05, 0) is 18.2 Å². The molecule has 0 fully saturated rings. The molecule has 0 heterocycles. The van der Waals surface area contributed by atoms with E-state index in [0.29, 0.717) is 18.1 Å². The normalized spacial score (nSPS) is 11.1. The van der Waals surface area contributed by atoms with E-state index in [1.807, 2.05) is 0 Å². The molecule has 0 atom stereocenters. The molecular formula is C13H19NO4. The summed E-state index contributed by atoms with van der Waals surface area (Å²) in [6.45, 7) is 1.29. The van der Waals surface area contributed by atoms with E-state index in [0.717, 1.165) is 11.0 Å². The molecule has 1 aromatic carbocycles. The quantitative estimate of drug-likeness (QED) is 0.677. The van der Waals surface area contributed by atoms with Crippen LogP contribution in [-0.4, -0.2) is 51.9 Å². The minimum absolute atomic E-state index is 0.0797. The average molecular weight is 253 g/mol. The number of carboxylic acid groups (broad SMARTS) is 1. The Morgan fingerprint density at radius 3 is 2.44 bits per heavy atom. The van der Waals surface area contributed by atoms with Crippen LogP contribution in [0.1, 0.15) is 10.4 Å². The lowest BCUT2D eigenvalue weighted by Crippen LogP contribution is -2.38. The van der Waals surface area contributed by atoms with Crippen molar-refractivity contribution in [3.8, 4) is 11.5 Å². The minimum atomic E-state index is -1.23. The van der Waals surface area contributed by atoms with Gasteiger partial charge in [-0.3, -0.25) is 0 Å². The summed E-state index contributed by atoms with van der Waals surface area (Å²) in [7, 11) is 7.68. The molecule has 0 saturated heterocycles. The molecule has 0 aliphatic heterocycles. The van der Waals surface area contributed by atoms with E-state index in [2.05, 4.69) is 21.1 Å². The number of ether oxygens (including phenoxy) is 2. The van der Waals surface area contributed by atoms with Gasteiger partial charge in [0.15, 0.2) is 11.5 Å². The summed E-state index contributed by atoms with van der Waals surface area (Å²) in [5.74, 6) is -0.289. The summed E-state index contributed by atoms with van der Waals surface area (Å²) in [5.41, 5.74) is 0.0797. The second kappa shape index (κ2) is 5.73. The van der Waals surface area contributed by atoms with Gasteiger partial charge in [-0.15, -0.1) is 0 Å². The molecule has 0 aliphatic rings. The second-order valence-electron chi connectivity index (χ2n) is 5.02. The Hall–Kier alpha value is -1.75. The minimum Gasteiger partial charge on any atom is -0.545 e. The third-order valence-corrected chi connectivity index (χ3v) is 2.42. The Morgan fingerprint density at radius 1 is 1.28 bits per heavy atom. The smallest absolute Gasteiger partial charge is 0.162 e. The lowest BCUT2D eigenvalue weighted by Gasteiger charge is -2.24. The molecule has 0 spiro atoms. The van der Waals surface area contributed by atoms with Gasteiger partial charge < -0.3 is 23.9 Å². The molecule has 100 valence electrons. The first kappa shape index (κ1) is 14.3. The fourth-order valence-electron chi connectivity index (χ4n) is 1.35. The van der Waals surface area contributed by atoms with Crippen molar-refractivity contribution in [3.05, 3.63) is 23.8 Å². The number of carbonyl (C=O) groups excluding carboxylic acids is 1. The average Bonchev–Trinajstić information content (AvgIpc) is 2.27. The van der Waals surface area contributed by atoms with Crippen molar-refractivity contribution >= 4 is 5.97 Å². The largest absolute Gasteiger partial charge is 0.545 e. The van der Waals surface area contributed by atoms with Crippen LogP contribution in [0.2, 0.25) is 0 Å². The predicted molar refractivity (Wildman–Crippen MR) is 65.7 cm³/mol. The van der Waals surface area contributed by atoms with Crippen LogP contribution in [0.25, 0.3) is 0 Å². The molecule has 0 aromatic heterocycles. The molecule has 0 saturated carbocycles. The van der Waals surface area contributed by atoms with Crippen LogP contribution < -0.4 is 14.6 Å². The molecular weight excluding hydrogens is 234 g/mol. The van der Waals surface area contributed by atoms with Gasteiger partial charge in [-0.2, -0.15) is 0 Å². The summed E-state index contributed by atoms with van der Waals surface area (Å²) in [6, 6.07) is 4.41. The SMILES string of the molecule is COc1ccc(C(=O)[O-])cc1OCC[N+](C)(C)C. The second-order valence-corrected chi connectivity index (χ2v) is 5.02. The highest BCUT2D eigenvalue weighted by atomic mass is 16.5. The van der Waals surface area contributed by atoms with Gasteiger partial charge in [-0.1, -0.05) is 0 Å². The summed E-state index contributed by atoms with van der Waals surface area (Å²) >= 11 is 0. The maximum Gasteiger partial charge on any atom is 0.162 e. The fraction of sp³-hybridized carbons (Fsp3) is 0.462. The number of quaternary nitrogens is 1. The Labute approximate surface area is 107 Å². The number of benzene rings is 1. The van der Waals surface area contributed by atoms with E-state index in [1.165, 1.54) is 19.2 Å². The fourth-order valence-corrected chi connectivity index (χ4v) is 1.35. The van der Waals surface area contributed by atoms with Crippen molar-refractivity contribution in [2.45, 2.75) is 0 Å². The number of carboxylic acids is 1. The van der Waals surface area contributed by atoms with E-state index in [4.69, 9.17) is 9.47 Å². The zero-order valence-corrected chi connectivity index (χ0v) is 11.2. The highest BCUT2D eigenvalue weighted by Gasteiger charge is 2.10. The van der Waals surface area contributed by atoms with Gasteiger partial charge in [0.25, 0.3) is 0 Å². The Bertz CT molecular complexity index is 423. The van der Waals surface area contributed by atoms with E-state index >= 15 is 0 Å². The van der Waals surface area contributed by atoms with Crippen molar-refractivity contribution in [1.82, 2.24) is 0 Å². The van der Waals surface area contributed by atoms with Crippen molar-refractivity contribution in [2.75, 3.05) is 41.4 Å². The number of carbonyl (C=O) groups is 1. The Kier molecular flexibility index (Phi) is 4.55. The monoisotopic (exact) mass is 253 g/mol. The molecule has 1 aromatic rings. The predicted octanol–water partition coefficient (Wildman–Crippen LogP) is 0.144. The van der Waals surface area contributed by atoms with Gasteiger partial charge >= 0.3 is 0 Å². The van der Waals surface area contributed by atoms with Crippen LogP contribution in [-0.2, 0) is 0 Å². The lowest BCUT2D eigenvalue weighted by atomic mass is 10.2. The van der Waals surface area contributed by atoms with E-state index < -0.39 is 5.97 Å². The molecule has 18 heavy (non-hydrogen) atoms. The van der Waals surface area contributed by atoms with Gasteiger partial charge in [0, 0.05) is 5.56 Å². The summed E-state index contributed by atoms with van der Waals surface area (Å²) in [6.07, 6.45) is 0. The van der Waals surface area contributed by atoms with Gasteiger partial charge in [0.1, 0.15) is 13.2 Å². The maximum atomic E-state index is 10.8. The van der Waals surface area contributed by atoms with Crippen LogP contribution >= 0.6 is 0 Å². The first-order valence-electron chi connectivity index (χ1n) is 5.66. The van der Waals surface area contributed by atoms with Crippen molar-refractivity contribution in [2.24, 2.45) is 0 Å². The van der Waals surface area contributed by atoms with Crippen molar-refractivity contribution < 1.29 is 23.9 Å². The number of hydrogen-bond acceptors (Lipinski definition) is 4. The van der Waals surface area contributed by atoms with E-state index in [1.54, 1.807) is 6.07 Å². The lowest BCUT2D eigenvalue weighted by molar-refractivity contribution is -0.870. The van der Waals surface area contributed by atoms with E-state index in [9.17, 15) is 9.90 Å². The number of aromatic carboxylic acids is 1. The van der Waals surface area contributed by atoms with Crippen LogP contribution in [0, 0.1) is 0 Å². The summed E-state index contributed by atoms with van der Waals surface area (Å²) < 4.78 is 11.4. The standard InChI is InChI=1S/C13H19NO4/c1-14(2,3)7-8-18-12-9-10(13(15)16)5-6-11(12)17-4/h5-6,9H,7-8H2,1-4H3. The van der Waals surface area contributed by atoms with Crippen LogP contribution in [0.5, 0.6) is 11.5 Å². The topological polar surface area (TPSA) is 58.6 Å². The van der Waals surface area contributed by atoms with Gasteiger partial charge in [0.05, 0.1) is 34.2 Å². The first-order chi connectivity index (χ1) is 8.33. The highest BCUT2D eigenvalue weighted by molar-refractivity contribution is 5.86. The first-order valence-corrected chi connectivity index (χ1v) is 5.66. The van der Waals surface area contributed by atoms with E-state index in [-0.39, 0.29) is 5.56 Å². The van der Waals surface area contributed by atoms with Crippen LogP contribution in [0.15, 0.2) is 18.2 Å². The molecule has 0 aliphatic carbocycles. The molecule has 1 rings (SSSR count). The highest BCUT2D eigenvalue weighted by Crippen LogP contribution is 2.27. The zero-order chi connectivity index (χ0) is 13.8. The van der Waals surface area contributed by atoms with Gasteiger partial charge in [-0.25, -0.2) is 0 Å². The number of nitrogens with zero attached hydrogens (tertiary/aromatic N) is 1. The van der Waals surface area contributed by atoms with Crippen LogP contribution in [0.3, 0.4) is 0 Å². The van der Waals surface area contributed by atoms with Gasteiger partial charge in [0.2, 0.25) is 0 Å². The number of hydrogen-bond donors (Lipinski definition) is 0. The Balaban J connectivity index is 2.78. The van der Waals surface area contributed by atoms with Crippen molar-refractivity contribution in [1.29, 1.82) is 0 Å². The molecule has 5 nitrogen and oxygen atoms in total. The maximum absolute atomic E-state index is 10.8. The molecule has 5 heteroatoms. The molecule has 0 unspecified atom stereocenters. The summed E-state index contributed by atoms with van der Waals surface area (Å²) in [4.78, 5) is 10.8. The number of methoxy groups -OCH3 is 1. The Morgan fingerprint density at radius 2 is 1.94 bits per heavy atom. The molecule has 0 amide bonds. The molecule has 0 radical (unpaired) electrons. The van der Waals surface area contributed by atoms with Crippen molar-refractivity contribution in [3.63, 3.8) is 0 Å². The molecule has 0 N–H and O–H groups in total. The third-order valence-electron chi connectivity index (χ3n) is 2.42. The molecule has 0 bridgehead atoms. The zero-order valence-electron chi connectivity index (χ0n) is 11.2.